The van der Waals surface area contributed by atoms with Gasteiger partial charge in [0.15, 0.2) is 5.78 Å². The number of rotatable bonds is 3. The number of carbonyl (C=O) groups excluding carboxylic acids is 2. The number of ketones is 1. The van der Waals surface area contributed by atoms with E-state index in [-0.39, 0.29) is 18.1 Å². The minimum Gasteiger partial charge on any atom is -0.312 e. The highest BCUT2D eigenvalue weighted by atomic mass is 35.5. The van der Waals surface area contributed by atoms with Crippen LogP contribution in [0.3, 0.4) is 0 Å². The van der Waals surface area contributed by atoms with E-state index in [2.05, 4.69) is 0 Å². The molecule has 0 aromatic heterocycles. The second-order valence-corrected chi connectivity index (χ2v) is 4.90. The van der Waals surface area contributed by atoms with Crippen molar-refractivity contribution < 1.29 is 9.59 Å². The number of benzene rings is 1. The maximum atomic E-state index is 12.3. The summed E-state index contributed by atoms with van der Waals surface area (Å²) >= 11 is 5.81. The van der Waals surface area contributed by atoms with Gasteiger partial charge < -0.3 is 4.90 Å². The van der Waals surface area contributed by atoms with Gasteiger partial charge >= 0.3 is 0 Å². The molecule has 0 aliphatic carbocycles. The summed E-state index contributed by atoms with van der Waals surface area (Å²) in [7, 11) is 0. The Kier molecular flexibility index (Phi) is 4.18. The second kappa shape index (κ2) is 5.85. The Bertz CT molecular complexity index is 533. The van der Waals surface area contributed by atoms with Crippen LogP contribution in [0.1, 0.15) is 19.3 Å². The topological polar surface area (TPSA) is 61.2 Å². The summed E-state index contributed by atoms with van der Waals surface area (Å²) in [6, 6.07) is 8.76. The second-order valence-electron chi connectivity index (χ2n) is 4.46. The van der Waals surface area contributed by atoms with Gasteiger partial charge in [0, 0.05) is 17.3 Å². The number of amides is 1. The smallest absolute Gasteiger partial charge is 0.237 e. The molecule has 2 rings (SSSR count). The first-order valence-electron chi connectivity index (χ1n) is 6.10. The lowest BCUT2D eigenvalue weighted by molar-refractivity contribution is -0.133. The summed E-state index contributed by atoms with van der Waals surface area (Å²) in [5.74, 6) is -1.18. The molecular weight excluding hydrogens is 264 g/mol. The zero-order valence-corrected chi connectivity index (χ0v) is 11.1. The van der Waals surface area contributed by atoms with Crippen LogP contribution in [0.4, 0.5) is 5.69 Å². The number of carbonyl (C=O) groups is 2. The summed E-state index contributed by atoms with van der Waals surface area (Å²) in [4.78, 5) is 25.6. The Morgan fingerprint density at radius 3 is 2.74 bits per heavy atom. The van der Waals surface area contributed by atoms with Crippen LogP contribution in [0.2, 0.25) is 5.02 Å². The molecule has 4 nitrogen and oxygen atoms in total. The molecule has 1 aliphatic heterocycles. The SMILES string of the molecule is N#CCC(=O)C1CCCN(c2ccc(Cl)cc2)C1=O. The van der Waals surface area contributed by atoms with Crippen LogP contribution in [0, 0.1) is 17.2 Å². The molecule has 98 valence electrons. The molecule has 0 N–H and O–H groups in total. The molecule has 1 heterocycles. The number of nitrogens with zero attached hydrogens (tertiary/aromatic N) is 2. The quantitative estimate of drug-likeness (QED) is 0.797. The monoisotopic (exact) mass is 276 g/mol. The van der Waals surface area contributed by atoms with Crippen molar-refractivity contribution in [3.8, 4) is 6.07 Å². The Hall–Kier alpha value is -1.86. The van der Waals surface area contributed by atoms with Crippen molar-refractivity contribution in [1.82, 2.24) is 0 Å². The van der Waals surface area contributed by atoms with Crippen LogP contribution in [-0.4, -0.2) is 18.2 Å². The molecule has 1 fully saturated rings. The fraction of sp³-hybridized carbons (Fsp3) is 0.357. The van der Waals surface area contributed by atoms with Gasteiger partial charge in [0.1, 0.15) is 0 Å². The van der Waals surface area contributed by atoms with Gasteiger partial charge in [0.25, 0.3) is 0 Å². The first-order chi connectivity index (χ1) is 9.13. The molecule has 1 aromatic rings. The van der Waals surface area contributed by atoms with E-state index in [0.29, 0.717) is 18.0 Å². The van der Waals surface area contributed by atoms with Crippen molar-refractivity contribution in [1.29, 1.82) is 5.26 Å². The summed E-state index contributed by atoms with van der Waals surface area (Å²) in [6.45, 7) is 0.594. The van der Waals surface area contributed by atoms with Crippen LogP contribution in [0.5, 0.6) is 0 Å². The highest BCUT2D eigenvalue weighted by Crippen LogP contribution is 2.26. The van der Waals surface area contributed by atoms with Gasteiger partial charge in [-0.3, -0.25) is 9.59 Å². The number of piperidine rings is 1. The Morgan fingerprint density at radius 2 is 2.11 bits per heavy atom. The lowest BCUT2D eigenvalue weighted by atomic mass is 9.91. The molecule has 1 aliphatic rings. The van der Waals surface area contributed by atoms with E-state index >= 15 is 0 Å². The molecule has 1 unspecified atom stereocenters. The van der Waals surface area contributed by atoms with E-state index < -0.39 is 5.92 Å². The van der Waals surface area contributed by atoms with Gasteiger partial charge in [-0.2, -0.15) is 5.26 Å². The molecule has 1 amide bonds. The van der Waals surface area contributed by atoms with E-state index in [4.69, 9.17) is 16.9 Å². The number of hydrogen-bond donors (Lipinski definition) is 0. The third kappa shape index (κ3) is 2.94. The number of hydrogen-bond acceptors (Lipinski definition) is 3. The minimum absolute atomic E-state index is 0.204. The first kappa shape index (κ1) is 13.6. The van der Waals surface area contributed by atoms with Crippen LogP contribution >= 0.6 is 11.6 Å². The number of nitriles is 1. The first-order valence-corrected chi connectivity index (χ1v) is 6.48. The highest BCUT2D eigenvalue weighted by Gasteiger charge is 2.34. The third-order valence-corrected chi connectivity index (χ3v) is 3.47. The lowest BCUT2D eigenvalue weighted by Crippen LogP contribution is -2.44. The van der Waals surface area contributed by atoms with E-state index in [1.165, 1.54) is 0 Å². The van der Waals surface area contributed by atoms with Crippen molar-refractivity contribution in [3.63, 3.8) is 0 Å². The number of Topliss-reactive ketones (excluding diaryl/α,β-unsaturated/α-hetero) is 1. The molecule has 0 spiro atoms. The largest absolute Gasteiger partial charge is 0.312 e. The highest BCUT2D eigenvalue weighted by molar-refractivity contribution is 6.30. The van der Waals surface area contributed by atoms with Gasteiger partial charge in [-0.1, -0.05) is 11.6 Å². The van der Waals surface area contributed by atoms with Crippen molar-refractivity contribution in [2.45, 2.75) is 19.3 Å². The molecule has 1 aromatic carbocycles. The Labute approximate surface area is 116 Å². The number of anilines is 1. The maximum Gasteiger partial charge on any atom is 0.237 e. The average molecular weight is 277 g/mol. The van der Waals surface area contributed by atoms with Gasteiger partial charge in [-0.25, -0.2) is 0 Å². The Balaban J connectivity index is 2.19. The molecule has 0 bridgehead atoms. The van der Waals surface area contributed by atoms with Crippen molar-refractivity contribution in [3.05, 3.63) is 29.3 Å². The van der Waals surface area contributed by atoms with Crippen LogP contribution in [0.15, 0.2) is 24.3 Å². The van der Waals surface area contributed by atoms with Crippen molar-refractivity contribution >= 4 is 29.0 Å². The molecule has 1 atom stereocenters. The maximum absolute atomic E-state index is 12.3. The van der Waals surface area contributed by atoms with Crippen LogP contribution in [0.25, 0.3) is 0 Å². The summed E-state index contributed by atoms with van der Waals surface area (Å²) in [5.41, 5.74) is 0.740. The fourth-order valence-corrected chi connectivity index (χ4v) is 2.38. The zero-order chi connectivity index (χ0) is 13.8. The van der Waals surface area contributed by atoms with Gasteiger partial charge in [0.2, 0.25) is 5.91 Å². The lowest BCUT2D eigenvalue weighted by Gasteiger charge is -2.31. The third-order valence-electron chi connectivity index (χ3n) is 3.22. The predicted octanol–water partition coefficient (Wildman–Crippen LogP) is 2.57. The van der Waals surface area contributed by atoms with Gasteiger partial charge in [-0.05, 0) is 37.1 Å². The summed E-state index contributed by atoms with van der Waals surface area (Å²) in [6.07, 6.45) is 1.09. The standard InChI is InChI=1S/C14H13ClN2O2/c15-10-3-5-11(6-4-10)17-9-1-2-12(14(17)19)13(18)7-8-16/h3-6,12H,1-2,7,9H2. The zero-order valence-electron chi connectivity index (χ0n) is 10.3. The summed E-state index contributed by atoms with van der Waals surface area (Å²) in [5, 5.41) is 9.16. The number of halogens is 1. The minimum atomic E-state index is -0.677. The molecule has 0 saturated carbocycles. The average Bonchev–Trinajstić information content (AvgIpc) is 2.40. The van der Waals surface area contributed by atoms with Crippen molar-refractivity contribution in [2.75, 3.05) is 11.4 Å². The fourth-order valence-electron chi connectivity index (χ4n) is 2.25. The molecule has 1 saturated heterocycles. The summed E-state index contributed by atoms with van der Waals surface area (Å²) < 4.78 is 0. The van der Waals surface area contributed by atoms with Crippen LogP contribution < -0.4 is 4.90 Å². The van der Waals surface area contributed by atoms with E-state index in [9.17, 15) is 9.59 Å². The molecule has 0 radical (unpaired) electrons. The normalized spacial score (nSPS) is 19.1. The Morgan fingerprint density at radius 1 is 1.42 bits per heavy atom. The van der Waals surface area contributed by atoms with E-state index in [1.807, 2.05) is 6.07 Å². The molecular formula is C14H13ClN2O2. The molecule has 5 heteroatoms. The van der Waals surface area contributed by atoms with Crippen LogP contribution in [-0.2, 0) is 9.59 Å². The van der Waals surface area contributed by atoms with E-state index in [1.54, 1.807) is 29.2 Å². The van der Waals surface area contributed by atoms with Gasteiger partial charge in [0.05, 0.1) is 18.4 Å². The molecule has 19 heavy (non-hydrogen) atoms. The predicted molar refractivity (Wildman–Crippen MR) is 71.8 cm³/mol. The van der Waals surface area contributed by atoms with E-state index in [0.717, 1.165) is 12.1 Å². The van der Waals surface area contributed by atoms with Gasteiger partial charge in [-0.15, -0.1) is 0 Å². The van der Waals surface area contributed by atoms with Crippen molar-refractivity contribution in [2.24, 2.45) is 5.92 Å².